The van der Waals surface area contributed by atoms with E-state index in [1.807, 2.05) is 19.1 Å². The van der Waals surface area contributed by atoms with Gasteiger partial charge in [0.15, 0.2) is 0 Å². The Bertz CT molecular complexity index is 569. The molecule has 0 heterocycles. The lowest BCUT2D eigenvalue weighted by atomic mass is 9.92. The zero-order valence-electron chi connectivity index (χ0n) is 14.6. The molecule has 0 saturated heterocycles. The van der Waals surface area contributed by atoms with E-state index in [4.69, 9.17) is 15.9 Å². The normalized spacial score (nSPS) is 13.0. The maximum atomic E-state index is 12.6. The minimum atomic E-state index is -0.317. The van der Waals surface area contributed by atoms with Crippen LogP contribution in [0.2, 0.25) is 0 Å². The highest BCUT2D eigenvalue weighted by Gasteiger charge is 2.22. The van der Waals surface area contributed by atoms with E-state index in [1.54, 1.807) is 26.0 Å². The molecular weight excluding hydrogens is 306 g/mol. The second-order valence-corrected chi connectivity index (χ2v) is 5.80. The van der Waals surface area contributed by atoms with Crippen LogP contribution in [0.3, 0.4) is 0 Å². The number of benzene rings is 1. The van der Waals surface area contributed by atoms with E-state index in [-0.39, 0.29) is 36.1 Å². The molecule has 0 fully saturated rings. The highest BCUT2D eigenvalue weighted by atomic mass is 16.5. The number of hydrogen-bond donors (Lipinski definition) is 3. The van der Waals surface area contributed by atoms with Gasteiger partial charge in [-0.25, -0.2) is 0 Å². The maximum Gasteiger partial charge on any atom is 0.307 e. The molecule has 6 heteroatoms. The smallest absolute Gasteiger partial charge is 0.307 e. The molecule has 6 nitrogen and oxygen atoms in total. The molecule has 24 heavy (non-hydrogen) atoms. The average molecular weight is 333 g/mol. The lowest BCUT2D eigenvalue weighted by molar-refractivity contribution is -0.143. The Labute approximate surface area is 143 Å². The van der Waals surface area contributed by atoms with Gasteiger partial charge in [0.1, 0.15) is 5.84 Å². The van der Waals surface area contributed by atoms with Crippen LogP contribution in [0.15, 0.2) is 24.3 Å². The minimum Gasteiger partial charge on any atom is -0.466 e. The van der Waals surface area contributed by atoms with E-state index in [0.717, 1.165) is 12.0 Å². The standard InChI is InChI=1S/C18H27N3O3/c1-4-6-15(13-7-9-14(10-8-13)17(19)20)18(23)21-12(3)11-16(22)24-5-2/h7-10,12,15H,4-6,11H2,1-3H3,(H3,19,20)(H,21,23). The van der Waals surface area contributed by atoms with E-state index in [0.29, 0.717) is 18.6 Å². The zero-order chi connectivity index (χ0) is 18.1. The monoisotopic (exact) mass is 333 g/mol. The molecule has 0 bridgehead atoms. The van der Waals surface area contributed by atoms with Crippen molar-refractivity contribution >= 4 is 17.7 Å². The third-order valence-corrected chi connectivity index (χ3v) is 3.68. The summed E-state index contributed by atoms with van der Waals surface area (Å²) in [6.07, 6.45) is 1.72. The fourth-order valence-corrected chi connectivity index (χ4v) is 2.50. The fourth-order valence-electron chi connectivity index (χ4n) is 2.50. The highest BCUT2D eigenvalue weighted by molar-refractivity contribution is 5.95. The van der Waals surface area contributed by atoms with Crippen molar-refractivity contribution in [3.05, 3.63) is 35.4 Å². The Balaban J connectivity index is 2.77. The van der Waals surface area contributed by atoms with Crippen LogP contribution in [-0.4, -0.2) is 30.4 Å². The average Bonchev–Trinajstić information content (AvgIpc) is 2.52. The molecule has 2 unspecified atom stereocenters. The SMILES string of the molecule is CCCC(C(=O)NC(C)CC(=O)OCC)c1ccc(C(=N)N)cc1. The van der Waals surface area contributed by atoms with Gasteiger partial charge in [0.2, 0.25) is 5.91 Å². The molecule has 1 amide bonds. The van der Waals surface area contributed by atoms with Crippen LogP contribution in [0.1, 0.15) is 57.1 Å². The lowest BCUT2D eigenvalue weighted by Gasteiger charge is -2.20. The molecule has 1 aromatic rings. The Morgan fingerprint density at radius 3 is 2.38 bits per heavy atom. The van der Waals surface area contributed by atoms with Gasteiger partial charge < -0.3 is 15.8 Å². The molecule has 0 radical (unpaired) electrons. The summed E-state index contributed by atoms with van der Waals surface area (Å²) in [5.74, 6) is -0.714. The first-order chi connectivity index (χ1) is 11.4. The minimum absolute atomic E-state index is 0.00102. The zero-order valence-corrected chi connectivity index (χ0v) is 14.6. The Kier molecular flexibility index (Phi) is 7.95. The number of nitrogens with one attached hydrogen (secondary N) is 2. The largest absolute Gasteiger partial charge is 0.466 e. The van der Waals surface area contributed by atoms with Crippen molar-refractivity contribution in [1.82, 2.24) is 5.32 Å². The molecule has 2 atom stereocenters. The van der Waals surface area contributed by atoms with Crippen molar-refractivity contribution in [2.75, 3.05) is 6.61 Å². The van der Waals surface area contributed by atoms with E-state index in [2.05, 4.69) is 5.32 Å². The van der Waals surface area contributed by atoms with Gasteiger partial charge in [-0.05, 0) is 25.8 Å². The summed E-state index contributed by atoms with van der Waals surface area (Å²) in [6, 6.07) is 6.86. The van der Waals surface area contributed by atoms with Crippen LogP contribution >= 0.6 is 0 Å². The Morgan fingerprint density at radius 1 is 1.25 bits per heavy atom. The number of nitrogens with two attached hydrogens (primary N) is 1. The summed E-state index contributed by atoms with van der Waals surface area (Å²) in [6.45, 7) is 5.90. The summed E-state index contributed by atoms with van der Waals surface area (Å²) >= 11 is 0. The van der Waals surface area contributed by atoms with E-state index in [1.165, 1.54) is 0 Å². The summed E-state index contributed by atoms with van der Waals surface area (Å²) in [5.41, 5.74) is 6.96. The molecule has 1 aromatic carbocycles. The van der Waals surface area contributed by atoms with Crippen LogP contribution in [-0.2, 0) is 14.3 Å². The number of carbonyl (C=O) groups excluding carboxylic acids is 2. The molecule has 0 aromatic heterocycles. The number of rotatable bonds is 9. The van der Waals surface area contributed by atoms with Crippen LogP contribution < -0.4 is 11.1 Å². The second-order valence-electron chi connectivity index (χ2n) is 5.80. The lowest BCUT2D eigenvalue weighted by Crippen LogP contribution is -2.37. The topological polar surface area (TPSA) is 105 Å². The number of amidine groups is 1. The third kappa shape index (κ3) is 6.02. The molecule has 1 rings (SSSR count). The van der Waals surface area contributed by atoms with Crippen LogP contribution in [0.25, 0.3) is 0 Å². The van der Waals surface area contributed by atoms with Crippen molar-refractivity contribution < 1.29 is 14.3 Å². The molecule has 0 aliphatic carbocycles. The molecule has 0 saturated carbocycles. The first kappa shape index (κ1) is 19.7. The fraction of sp³-hybridized carbons (Fsp3) is 0.500. The number of esters is 1. The number of nitrogen functional groups attached to an aromatic ring is 1. The predicted octanol–water partition coefficient (Wildman–Crippen LogP) is 2.31. The molecular formula is C18H27N3O3. The van der Waals surface area contributed by atoms with Gasteiger partial charge in [-0.1, -0.05) is 37.6 Å². The van der Waals surface area contributed by atoms with Crippen molar-refractivity contribution in [3.63, 3.8) is 0 Å². The Morgan fingerprint density at radius 2 is 1.88 bits per heavy atom. The van der Waals surface area contributed by atoms with Gasteiger partial charge in [0.25, 0.3) is 0 Å². The van der Waals surface area contributed by atoms with Crippen LogP contribution in [0.4, 0.5) is 0 Å². The quantitative estimate of drug-likeness (QED) is 0.366. The third-order valence-electron chi connectivity index (χ3n) is 3.68. The molecule has 4 N–H and O–H groups in total. The van der Waals surface area contributed by atoms with Crippen LogP contribution in [0.5, 0.6) is 0 Å². The number of amides is 1. The molecule has 0 aliphatic rings. The summed E-state index contributed by atoms with van der Waals surface area (Å²) in [4.78, 5) is 24.1. The van der Waals surface area contributed by atoms with Gasteiger partial charge in [0.05, 0.1) is 18.9 Å². The molecule has 132 valence electrons. The Hall–Kier alpha value is -2.37. The predicted molar refractivity (Wildman–Crippen MR) is 94.0 cm³/mol. The van der Waals surface area contributed by atoms with Gasteiger partial charge in [-0.3, -0.25) is 15.0 Å². The number of hydrogen-bond acceptors (Lipinski definition) is 4. The van der Waals surface area contributed by atoms with Gasteiger partial charge in [0, 0.05) is 11.6 Å². The van der Waals surface area contributed by atoms with Crippen molar-refractivity contribution in [1.29, 1.82) is 5.41 Å². The van der Waals surface area contributed by atoms with E-state index < -0.39 is 0 Å². The molecule has 0 spiro atoms. The van der Waals surface area contributed by atoms with E-state index >= 15 is 0 Å². The maximum absolute atomic E-state index is 12.6. The van der Waals surface area contributed by atoms with Crippen molar-refractivity contribution in [3.8, 4) is 0 Å². The van der Waals surface area contributed by atoms with Gasteiger partial charge in [-0.2, -0.15) is 0 Å². The first-order valence-electron chi connectivity index (χ1n) is 8.29. The van der Waals surface area contributed by atoms with E-state index in [9.17, 15) is 9.59 Å². The van der Waals surface area contributed by atoms with Crippen LogP contribution in [0, 0.1) is 5.41 Å². The summed E-state index contributed by atoms with van der Waals surface area (Å²) < 4.78 is 4.90. The van der Waals surface area contributed by atoms with Crippen molar-refractivity contribution in [2.24, 2.45) is 5.73 Å². The summed E-state index contributed by atoms with van der Waals surface area (Å²) in [7, 11) is 0. The number of ether oxygens (including phenoxy) is 1. The molecule has 0 aliphatic heterocycles. The number of carbonyl (C=O) groups is 2. The van der Waals surface area contributed by atoms with Gasteiger partial charge >= 0.3 is 5.97 Å². The van der Waals surface area contributed by atoms with Crippen molar-refractivity contribution in [2.45, 2.75) is 52.0 Å². The second kappa shape index (κ2) is 9.70. The summed E-state index contributed by atoms with van der Waals surface area (Å²) in [5, 5.41) is 10.3. The first-order valence-corrected chi connectivity index (χ1v) is 8.29. The highest BCUT2D eigenvalue weighted by Crippen LogP contribution is 2.22. The van der Waals surface area contributed by atoms with Gasteiger partial charge in [-0.15, -0.1) is 0 Å².